The molecule has 0 aromatic heterocycles. The molecule has 250 valence electrons. The molecule has 0 saturated heterocycles. The van der Waals surface area contributed by atoms with E-state index in [0.29, 0.717) is 31.5 Å². The Bertz CT molecular complexity index is 590. The molecule has 3 atom stereocenters. The third kappa shape index (κ3) is 25.4. The smallest absolute Gasteiger partial charge is 0.308 e. The SMILES string of the molecule is CCCCC(CC)COC(=O)CCCCCCCCCCCCCCCCCC(CC)C(=O)OCC(CC)CCCC. The lowest BCUT2D eigenvalue weighted by molar-refractivity contribution is -0.150. The van der Waals surface area contributed by atoms with E-state index in [0.717, 1.165) is 44.9 Å². The van der Waals surface area contributed by atoms with E-state index in [-0.39, 0.29) is 17.9 Å². The number of unbranched alkanes of at least 4 members (excludes halogenated alkanes) is 16. The van der Waals surface area contributed by atoms with Crippen LogP contribution < -0.4 is 0 Å². The summed E-state index contributed by atoms with van der Waals surface area (Å²) in [4.78, 5) is 24.5. The van der Waals surface area contributed by atoms with Crippen molar-refractivity contribution in [2.75, 3.05) is 13.2 Å². The fourth-order valence-electron chi connectivity index (χ4n) is 5.84. The van der Waals surface area contributed by atoms with Crippen LogP contribution in [0.4, 0.5) is 0 Å². The minimum Gasteiger partial charge on any atom is -0.465 e. The molecule has 0 fully saturated rings. The quantitative estimate of drug-likeness (QED) is 0.0574. The van der Waals surface area contributed by atoms with Crippen molar-refractivity contribution >= 4 is 11.9 Å². The minimum atomic E-state index is 0.00514. The standard InChI is InChI=1S/C38H74O4/c1-6-11-28-34(8-3)32-41-37(39)31-27-25-23-21-19-17-15-13-14-16-18-20-22-24-26-30-36(10-5)38(40)42-33-35(9-4)29-12-7-2/h34-36H,6-33H2,1-5H3. The molecule has 0 heterocycles. The molecule has 0 bridgehead atoms. The molecule has 0 saturated carbocycles. The van der Waals surface area contributed by atoms with Crippen molar-refractivity contribution in [3.8, 4) is 0 Å². The summed E-state index contributed by atoms with van der Waals surface area (Å²) < 4.78 is 11.2. The first-order valence-electron chi connectivity index (χ1n) is 18.8. The Morgan fingerprint density at radius 2 is 0.857 bits per heavy atom. The molecule has 3 unspecified atom stereocenters. The summed E-state index contributed by atoms with van der Waals surface area (Å²) >= 11 is 0. The van der Waals surface area contributed by atoms with Crippen molar-refractivity contribution in [2.24, 2.45) is 17.8 Å². The van der Waals surface area contributed by atoms with Gasteiger partial charge >= 0.3 is 11.9 Å². The zero-order valence-electron chi connectivity index (χ0n) is 29.2. The van der Waals surface area contributed by atoms with Crippen molar-refractivity contribution in [2.45, 2.75) is 202 Å². The second-order valence-corrected chi connectivity index (χ2v) is 13.1. The average Bonchev–Trinajstić information content (AvgIpc) is 3.00. The Hall–Kier alpha value is -1.06. The highest BCUT2D eigenvalue weighted by atomic mass is 16.5. The van der Waals surface area contributed by atoms with E-state index in [4.69, 9.17) is 9.47 Å². The summed E-state index contributed by atoms with van der Waals surface area (Å²) in [5.41, 5.74) is 0. The summed E-state index contributed by atoms with van der Waals surface area (Å²) in [5.74, 6) is 1.22. The van der Waals surface area contributed by atoms with Gasteiger partial charge in [0, 0.05) is 6.42 Å². The maximum atomic E-state index is 12.5. The average molecular weight is 595 g/mol. The van der Waals surface area contributed by atoms with Gasteiger partial charge in [-0.25, -0.2) is 0 Å². The fourth-order valence-corrected chi connectivity index (χ4v) is 5.84. The van der Waals surface area contributed by atoms with Crippen LogP contribution >= 0.6 is 0 Å². The van der Waals surface area contributed by atoms with E-state index in [9.17, 15) is 9.59 Å². The van der Waals surface area contributed by atoms with Crippen LogP contribution in [0.3, 0.4) is 0 Å². The number of carbonyl (C=O) groups is 2. The largest absolute Gasteiger partial charge is 0.465 e. The maximum absolute atomic E-state index is 12.5. The zero-order valence-corrected chi connectivity index (χ0v) is 29.2. The Morgan fingerprint density at radius 1 is 0.452 bits per heavy atom. The third-order valence-corrected chi connectivity index (χ3v) is 9.29. The molecule has 0 aliphatic heterocycles. The number of hydrogen-bond donors (Lipinski definition) is 0. The Kier molecular flexibility index (Phi) is 30.6. The van der Waals surface area contributed by atoms with Crippen molar-refractivity contribution < 1.29 is 19.1 Å². The van der Waals surface area contributed by atoms with Gasteiger partial charge in [0.2, 0.25) is 0 Å². The predicted octanol–water partition coefficient (Wildman–Crippen LogP) is 12.2. The van der Waals surface area contributed by atoms with Gasteiger partial charge in [0.1, 0.15) is 0 Å². The molecule has 0 radical (unpaired) electrons. The van der Waals surface area contributed by atoms with E-state index < -0.39 is 0 Å². The molecule has 0 aromatic rings. The van der Waals surface area contributed by atoms with E-state index in [1.54, 1.807) is 0 Å². The number of ether oxygens (including phenoxy) is 2. The molecule has 4 heteroatoms. The number of hydrogen-bond acceptors (Lipinski definition) is 4. The van der Waals surface area contributed by atoms with Gasteiger partial charge in [-0.2, -0.15) is 0 Å². The highest BCUT2D eigenvalue weighted by Gasteiger charge is 2.19. The molecule has 0 amide bonds. The maximum Gasteiger partial charge on any atom is 0.308 e. The molecule has 0 spiro atoms. The van der Waals surface area contributed by atoms with Gasteiger partial charge in [0.15, 0.2) is 0 Å². The summed E-state index contributed by atoms with van der Waals surface area (Å²) in [5, 5.41) is 0. The van der Waals surface area contributed by atoms with Gasteiger partial charge in [-0.05, 0) is 43.9 Å². The van der Waals surface area contributed by atoms with E-state index in [1.807, 2.05) is 0 Å². The molecule has 4 nitrogen and oxygen atoms in total. The van der Waals surface area contributed by atoms with Crippen LogP contribution in [-0.4, -0.2) is 25.2 Å². The number of rotatable bonds is 32. The normalized spacial score (nSPS) is 13.5. The zero-order chi connectivity index (χ0) is 31.1. The summed E-state index contributed by atoms with van der Waals surface area (Å²) in [6.45, 7) is 12.2. The third-order valence-electron chi connectivity index (χ3n) is 9.29. The first-order valence-corrected chi connectivity index (χ1v) is 18.8. The first kappa shape index (κ1) is 40.9. The first-order chi connectivity index (χ1) is 20.5. The predicted molar refractivity (Wildman–Crippen MR) is 181 cm³/mol. The molecule has 0 rings (SSSR count). The van der Waals surface area contributed by atoms with Gasteiger partial charge in [-0.3, -0.25) is 9.59 Å². The highest BCUT2D eigenvalue weighted by molar-refractivity contribution is 5.72. The molecule has 0 N–H and O–H groups in total. The highest BCUT2D eigenvalue weighted by Crippen LogP contribution is 2.20. The minimum absolute atomic E-state index is 0.00514. The van der Waals surface area contributed by atoms with E-state index in [1.165, 1.54) is 116 Å². The Morgan fingerprint density at radius 3 is 1.26 bits per heavy atom. The van der Waals surface area contributed by atoms with Crippen molar-refractivity contribution in [3.05, 3.63) is 0 Å². The fraction of sp³-hybridized carbons (Fsp3) is 0.947. The molecular formula is C38H74O4. The van der Waals surface area contributed by atoms with Gasteiger partial charge in [0.25, 0.3) is 0 Å². The Balaban J connectivity index is 3.51. The van der Waals surface area contributed by atoms with Crippen molar-refractivity contribution in [3.63, 3.8) is 0 Å². The van der Waals surface area contributed by atoms with Gasteiger partial charge < -0.3 is 9.47 Å². The molecule has 0 aliphatic rings. The van der Waals surface area contributed by atoms with Crippen LogP contribution in [0.1, 0.15) is 202 Å². The van der Waals surface area contributed by atoms with Gasteiger partial charge in [-0.15, -0.1) is 0 Å². The van der Waals surface area contributed by atoms with E-state index >= 15 is 0 Å². The second kappa shape index (κ2) is 31.4. The monoisotopic (exact) mass is 595 g/mol. The van der Waals surface area contributed by atoms with Gasteiger partial charge in [-0.1, -0.05) is 163 Å². The van der Waals surface area contributed by atoms with Gasteiger partial charge in [0.05, 0.1) is 19.1 Å². The Labute approximate surface area is 263 Å². The van der Waals surface area contributed by atoms with Crippen LogP contribution in [0.25, 0.3) is 0 Å². The lowest BCUT2D eigenvalue weighted by Gasteiger charge is -2.18. The molecular weight excluding hydrogens is 520 g/mol. The summed E-state index contributed by atoms with van der Waals surface area (Å²) in [7, 11) is 0. The molecule has 0 aromatic carbocycles. The van der Waals surface area contributed by atoms with Crippen LogP contribution in [0.2, 0.25) is 0 Å². The van der Waals surface area contributed by atoms with E-state index in [2.05, 4.69) is 34.6 Å². The number of carbonyl (C=O) groups excluding carboxylic acids is 2. The summed E-state index contributed by atoms with van der Waals surface area (Å²) in [6, 6.07) is 0. The molecule has 0 aliphatic carbocycles. The summed E-state index contributed by atoms with van der Waals surface area (Å²) in [6.07, 6.45) is 31.2. The van der Waals surface area contributed by atoms with Crippen molar-refractivity contribution in [1.29, 1.82) is 0 Å². The van der Waals surface area contributed by atoms with Crippen LogP contribution in [0.15, 0.2) is 0 Å². The topological polar surface area (TPSA) is 52.6 Å². The number of esters is 2. The van der Waals surface area contributed by atoms with Crippen LogP contribution in [-0.2, 0) is 19.1 Å². The molecule has 42 heavy (non-hydrogen) atoms. The lowest BCUT2D eigenvalue weighted by atomic mass is 9.97. The van der Waals surface area contributed by atoms with Crippen LogP contribution in [0, 0.1) is 17.8 Å². The van der Waals surface area contributed by atoms with Crippen LogP contribution in [0.5, 0.6) is 0 Å². The van der Waals surface area contributed by atoms with Crippen molar-refractivity contribution in [1.82, 2.24) is 0 Å². The second-order valence-electron chi connectivity index (χ2n) is 13.1. The lowest BCUT2D eigenvalue weighted by Crippen LogP contribution is -2.21.